The number of aromatic nitrogens is 4. The van der Waals surface area contributed by atoms with Gasteiger partial charge in [-0.15, -0.1) is 0 Å². The summed E-state index contributed by atoms with van der Waals surface area (Å²) in [5.74, 6) is 0. The molecule has 0 radical (unpaired) electrons. The number of aromatic amines is 1. The Morgan fingerprint density at radius 2 is 1.76 bits per heavy atom. The molecule has 0 aliphatic carbocycles. The summed E-state index contributed by atoms with van der Waals surface area (Å²) in [6.07, 6.45) is 3.43. The standard InChI is InChI=1S/C26H22ClN5O/c1-17-24(19-7-5-18(6-8-19)14-28-15-21-4-2-3-13-29-21)25-23(16-30-17)26(33)32(31-25)22-11-9-20(27)10-12-22/h2-13,16,28,31H,14-15H2,1H3. The van der Waals surface area contributed by atoms with Crippen LogP contribution in [0.2, 0.25) is 5.02 Å². The Kier molecular flexibility index (Phi) is 5.77. The van der Waals surface area contributed by atoms with Crippen LogP contribution in [0.1, 0.15) is 17.0 Å². The van der Waals surface area contributed by atoms with Crippen molar-refractivity contribution < 1.29 is 0 Å². The van der Waals surface area contributed by atoms with Gasteiger partial charge in [0.2, 0.25) is 0 Å². The fraction of sp³-hybridized carbons (Fsp3) is 0.115. The van der Waals surface area contributed by atoms with Crippen LogP contribution in [0.15, 0.2) is 83.9 Å². The van der Waals surface area contributed by atoms with Crippen LogP contribution in [0.3, 0.4) is 0 Å². The van der Waals surface area contributed by atoms with E-state index < -0.39 is 0 Å². The van der Waals surface area contributed by atoms with Gasteiger partial charge < -0.3 is 5.32 Å². The largest absolute Gasteiger partial charge is 0.307 e. The monoisotopic (exact) mass is 455 g/mol. The molecular formula is C26H22ClN5O. The van der Waals surface area contributed by atoms with Gasteiger partial charge in [0.25, 0.3) is 5.56 Å². The average Bonchev–Trinajstić information content (AvgIpc) is 3.17. The normalized spacial score (nSPS) is 11.2. The van der Waals surface area contributed by atoms with E-state index in [-0.39, 0.29) is 5.56 Å². The Morgan fingerprint density at radius 3 is 2.48 bits per heavy atom. The molecule has 164 valence electrons. The number of rotatable bonds is 6. The highest BCUT2D eigenvalue weighted by molar-refractivity contribution is 6.30. The number of hydrogen-bond acceptors (Lipinski definition) is 4. The summed E-state index contributed by atoms with van der Waals surface area (Å²) in [7, 11) is 0. The second kappa shape index (κ2) is 9.02. The lowest BCUT2D eigenvalue weighted by Gasteiger charge is -2.09. The van der Waals surface area contributed by atoms with Gasteiger partial charge in [0, 0.05) is 41.8 Å². The summed E-state index contributed by atoms with van der Waals surface area (Å²) in [6.45, 7) is 3.40. The first-order valence-corrected chi connectivity index (χ1v) is 11.0. The Hall–Kier alpha value is -3.74. The first-order chi connectivity index (χ1) is 16.1. The van der Waals surface area contributed by atoms with Gasteiger partial charge in [-0.25, -0.2) is 4.68 Å². The Morgan fingerprint density at radius 1 is 0.970 bits per heavy atom. The van der Waals surface area contributed by atoms with E-state index in [1.165, 1.54) is 10.2 Å². The zero-order valence-corrected chi connectivity index (χ0v) is 18.8. The van der Waals surface area contributed by atoms with Crippen LogP contribution in [0.25, 0.3) is 27.7 Å². The number of halogens is 1. The number of nitrogens with one attached hydrogen (secondary N) is 2. The minimum Gasteiger partial charge on any atom is -0.307 e. The van der Waals surface area contributed by atoms with Gasteiger partial charge in [0.1, 0.15) is 0 Å². The average molecular weight is 456 g/mol. The van der Waals surface area contributed by atoms with Crippen LogP contribution < -0.4 is 10.9 Å². The molecule has 0 saturated carbocycles. The maximum absolute atomic E-state index is 13.0. The summed E-state index contributed by atoms with van der Waals surface area (Å²) in [5, 5.41) is 7.86. The summed E-state index contributed by atoms with van der Waals surface area (Å²) in [5.41, 5.74) is 6.30. The van der Waals surface area contributed by atoms with Crippen molar-refractivity contribution in [2.24, 2.45) is 0 Å². The summed E-state index contributed by atoms with van der Waals surface area (Å²) >= 11 is 6.00. The molecule has 6 nitrogen and oxygen atoms in total. The van der Waals surface area contributed by atoms with Crippen LogP contribution in [0.5, 0.6) is 0 Å². The predicted octanol–water partition coefficient (Wildman–Crippen LogP) is 5.03. The molecule has 0 spiro atoms. The summed E-state index contributed by atoms with van der Waals surface area (Å²) in [6, 6.07) is 21.4. The molecule has 5 aromatic rings. The Bertz CT molecular complexity index is 1460. The second-order valence-electron chi connectivity index (χ2n) is 7.86. The molecular weight excluding hydrogens is 434 g/mol. The Labute approximate surface area is 195 Å². The van der Waals surface area contributed by atoms with E-state index in [0.29, 0.717) is 17.0 Å². The predicted molar refractivity (Wildman–Crippen MR) is 132 cm³/mol. The van der Waals surface area contributed by atoms with Crippen molar-refractivity contribution in [3.05, 3.63) is 111 Å². The van der Waals surface area contributed by atoms with E-state index in [1.807, 2.05) is 37.3 Å². The smallest absolute Gasteiger partial charge is 0.280 e. The molecule has 5 rings (SSSR count). The highest BCUT2D eigenvalue weighted by Gasteiger charge is 2.16. The van der Waals surface area contributed by atoms with Gasteiger partial charge >= 0.3 is 0 Å². The molecule has 7 heteroatoms. The van der Waals surface area contributed by atoms with Crippen LogP contribution in [-0.4, -0.2) is 19.7 Å². The molecule has 0 aliphatic rings. The third-order valence-corrected chi connectivity index (χ3v) is 5.87. The van der Waals surface area contributed by atoms with E-state index in [1.54, 1.807) is 24.5 Å². The highest BCUT2D eigenvalue weighted by atomic mass is 35.5. The van der Waals surface area contributed by atoms with Crippen LogP contribution in [-0.2, 0) is 13.1 Å². The van der Waals surface area contributed by atoms with E-state index in [2.05, 4.69) is 44.6 Å². The first kappa shape index (κ1) is 21.1. The molecule has 0 atom stereocenters. The summed E-state index contributed by atoms with van der Waals surface area (Å²) < 4.78 is 1.53. The number of nitrogens with zero attached hydrogens (tertiary/aromatic N) is 3. The fourth-order valence-electron chi connectivity index (χ4n) is 3.92. The number of pyridine rings is 2. The molecule has 0 saturated heterocycles. The molecule has 0 unspecified atom stereocenters. The Balaban J connectivity index is 1.44. The number of hydrogen-bond donors (Lipinski definition) is 2. The van der Waals surface area contributed by atoms with Crippen molar-refractivity contribution in [1.82, 2.24) is 25.1 Å². The lowest BCUT2D eigenvalue weighted by molar-refractivity contribution is 0.680. The van der Waals surface area contributed by atoms with Gasteiger partial charge in [-0.2, -0.15) is 0 Å². The summed E-state index contributed by atoms with van der Waals surface area (Å²) in [4.78, 5) is 21.9. The molecule has 2 aromatic carbocycles. The van der Waals surface area contributed by atoms with Gasteiger partial charge in [-0.1, -0.05) is 41.9 Å². The lowest BCUT2D eigenvalue weighted by Crippen LogP contribution is -2.14. The molecule has 3 aromatic heterocycles. The van der Waals surface area contributed by atoms with Gasteiger partial charge in [0.05, 0.1) is 22.3 Å². The van der Waals surface area contributed by atoms with Crippen molar-refractivity contribution >= 4 is 22.5 Å². The van der Waals surface area contributed by atoms with E-state index in [9.17, 15) is 4.79 Å². The molecule has 33 heavy (non-hydrogen) atoms. The topological polar surface area (TPSA) is 75.6 Å². The zero-order chi connectivity index (χ0) is 22.8. The zero-order valence-electron chi connectivity index (χ0n) is 18.0. The van der Waals surface area contributed by atoms with Crippen LogP contribution >= 0.6 is 11.6 Å². The molecule has 2 N–H and O–H groups in total. The fourth-order valence-corrected chi connectivity index (χ4v) is 4.05. The van der Waals surface area contributed by atoms with Gasteiger partial charge in [-0.05, 0) is 54.4 Å². The third kappa shape index (κ3) is 4.31. The van der Waals surface area contributed by atoms with Crippen molar-refractivity contribution in [3.8, 4) is 16.8 Å². The number of fused-ring (bicyclic) bond motifs is 1. The molecule has 0 fully saturated rings. The third-order valence-electron chi connectivity index (χ3n) is 5.61. The maximum Gasteiger partial charge on any atom is 0.280 e. The molecule has 0 bridgehead atoms. The minimum absolute atomic E-state index is 0.142. The SMILES string of the molecule is Cc1ncc2c(=O)n(-c3ccc(Cl)cc3)[nH]c2c1-c1ccc(CNCc2ccccn2)cc1. The molecule has 0 aliphatic heterocycles. The maximum atomic E-state index is 13.0. The highest BCUT2D eigenvalue weighted by Crippen LogP contribution is 2.29. The van der Waals surface area contributed by atoms with Crippen molar-refractivity contribution in [2.75, 3.05) is 0 Å². The van der Waals surface area contributed by atoms with Crippen molar-refractivity contribution in [3.63, 3.8) is 0 Å². The lowest BCUT2D eigenvalue weighted by atomic mass is 10.0. The minimum atomic E-state index is -0.142. The number of aryl methyl sites for hydroxylation is 1. The van der Waals surface area contributed by atoms with E-state index in [4.69, 9.17) is 11.6 Å². The number of H-pyrrole nitrogens is 1. The van der Waals surface area contributed by atoms with E-state index >= 15 is 0 Å². The van der Waals surface area contributed by atoms with Crippen LogP contribution in [0, 0.1) is 6.92 Å². The number of benzene rings is 2. The van der Waals surface area contributed by atoms with Gasteiger partial charge in [-0.3, -0.25) is 19.9 Å². The van der Waals surface area contributed by atoms with Crippen molar-refractivity contribution in [2.45, 2.75) is 20.0 Å². The van der Waals surface area contributed by atoms with E-state index in [0.717, 1.165) is 40.3 Å². The van der Waals surface area contributed by atoms with Crippen LogP contribution in [0.4, 0.5) is 0 Å². The van der Waals surface area contributed by atoms with Gasteiger partial charge in [0.15, 0.2) is 0 Å². The first-order valence-electron chi connectivity index (χ1n) is 10.7. The molecule has 0 amide bonds. The molecule has 3 heterocycles. The second-order valence-corrected chi connectivity index (χ2v) is 8.29. The quantitative estimate of drug-likeness (QED) is 0.376. The van der Waals surface area contributed by atoms with Crippen molar-refractivity contribution in [1.29, 1.82) is 0 Å².